The zero-order valence-corrected chi connectivity index (χ0v) is 11.6. The van der Waals surface area contributed by atoms with Crippen LogP contribution in [0.3, 0.4) is 0 Å². The minimum atomic E-state index is -0.817. The van der Waals surface area contributed by atoms with Crippen molar-refractivity contribution in [1.82, 2.24) is 14.5 Å². The summed E-state index contributed by atoms with van der Waals surface area (Å²) in [5.74, 6) is -0.298. The number of aryl methyl sites for hydroxylation is 1. The molecule has 1 aromatic carbocycles. The third kappa shape index (κ3) is 3.14. The van der Waals surface area contributed by atoms with E-state index >= 15 is 0 Å². The van der Waals surface area contributed by atoms with Gasteiger partial charge in [0.1, 0.15) is 11.6 Å². The molecule has 0 unspecified atom stereocenters. The van der Waals surface area contributed by atoms with Crippen molar-refractivity contribution in [2.75, 3.05) is 13.6 Å². The number of halogens is 1. The third-order valence-corrected chi connectivity index (χ3v) is 3.22. The summed E-state index contributed by atoms with van der Waals surface area (Å²) in [6.45, 7) is 3.74. The molecule has 0 amide bonds. The third-order valence-electron chi connectivity index (χ3n) is 3.22. The molecule has 0 bridgehead atoms. The standard InChI is InChI=1S/C14H18FN3O2/c1-3-18-12-5-4-10(15)8-11(12)16-13(18)9-17(2)7-6-14(19)20/h4-5,8H,3,6-7,9H2,1-2H3,(H,19,20). The molecule has 0 aliphatic heterocycles. The van der Waals surface area contributed by atoms with Crippen molar-refractivity contribution in [2.24, 2.45) is 0 Å². The van der Waals surface area contributed by atoms with Crippen molar-refractivity contribution in [1.29, 1.82) is 0 Å². The molecule has 6 heteroatoms. The predicted octanol–water partition coefficient (Wildman–Crippen LogP) is 2.10. The molecule has 0 aliphatic carbocycles. The van der Waals surface area contributed by atoms with Crippen molar-refractivity contribution in [3.05, 3.63) is 29.8 Å². The van der Waals surface area contributed by atoms with E-state index in [1.165, 1.54) is 12.1 Å². The van der Waals surface area contributed by atoms with Gasteiger partial charge in [0.2, 0.25) is 0 Å². The van der Waals surface area contributed by atoms with E-state index in [9.17, 15) is 9.18 Å². The Labute approximate surface area is 116 Å². The van der Waals surface area contributed by atoms with Gasteiger partial charge in [-0.25, -0.2) is 9.37 Å². The Hall–Kier alpha value is -1.95. The fraction of sp³-hybridized carbons (Fsp3) is 0.429. The summed E-state index contributed by atoms with van der Waals surface area (Å²) in [7, 11) is 1.85. The summed E-state index contributed by atoms with van der Waals surface area (Å²) in [5, 5.41) is 8.68. The molecule has 0 atom stereocenters. The molecule has 20 heavy (non-hydrogen) atoms. The normalized spacial score (nSPS) is 11.4. The van der Waals surface area contributed by atoms with E-state index in [2.05, 4.69) is 4.98 Å². The maximum Gasteiger partial charge on any atom is 0.304 e. The number of aliphatic carboxylic acids is 1. The van der Waals surface area contributed by atoms with Gasteiger partial charge in [0, 0.05) is 19.2 Å². The number of hydrogen-bond donors (Lipinski definition) is 1. The Bertz CT molecular complexity index is 624. The fourth-order valence-corrected chi connectivity index (χ4v) is 2.23. The van der Waals surface area contributed by atoms with E-state index in [-0.39, 0.29) is 12.2 Å². The number of benzene rings is 1. The van der Waals surface area contributed by atoms with Gasteiger partial charge in [0.05, 0.1) is 24.0 Å². The lowest BCUT2D eigenvalue weighted by Gasteiger charge is -2.15. The van der Waals surface area contributed by atoms with Crippen LogP contribution in [0.1, 0.15) is 19.2 Å². The van der Waals surface area contributed by atoms with E-state index in [1.807, 2.05) is 23.4 Å². The van der Waals surface area contributed by atoms with Crippen molar-refractivity contribution in [3.63, 3.8) is 0 Å². The van der Waals surface area contributed by atoms with Crippen LogP contribution in [-0.4, -0.2) is 39.1 Å². The highest BCUT2D eigenvalue weighted by Gasteiger charge is 2.12. The van der Waals surface area contributed by atoms with Crippen LogP contribution in [0.15, 0.2) is 18.2 Å². The molecule has 1 aromatic heterocycles. The number of hydrogen-bond acceptors (Lipinski definition) is 3. The first-order chi connectivity index (χ1) is 9.51. The monoisotopic (exact) mass is 279 g/mol. The van der Waals surface area contributed by atoms with E-state index < -0.39 is 5.97 Å². The topological polar surface area (TPSA) is 58.4 Å². The second kappa shape index (κ2) is 6.00. The molecule has 108 valence electrons. The Morgan fingerprint density at radius 1 is 1.50 bits per heavy atom. The quantitative estimate of drug-likeness (QED) is 0.879. The molecule has 2 rings (SSSR count). The number of carboxylic acids is 1. The second-order valence-electron chi connectivity index (χ2n) is 4.79. The van der Waals surface area contributed by atoms with Crippen LogP contribution in [0.2, 0.25) is 0 Å². The summed E-state index contributed by atoms with van der Waals surface area (Å²) in [6, 6.07) is 4.57. The number of carbonyl (C=O) groups is 1. The van der Waals surface area contributed by atoms with Gasteiger partial charge < -0.3 is 9.67 Å². The summed E-state index contributed by atoms with van der Waals surface area (Å²) < 4.78 is 15.2. The van der Waals surface area contributed by atoms with Crippen molar-refractivity contribution < 1.29 is 14.3 Å². The zero-order valence-electron chi connectivity index (χ0n) is 11.6. The summed E-state index contributed by atoms with van der Waals surface area (Å²) in [4.78, 5) is 16.9. The maximum absolute atomic E-state index is 13.2. The zero-order chi connectivity index (χ0) is 14.7. The minimum Gasteiger partial charge on any atom is -0.481 e. The van der Waals surface area contributed by atoms with Crippen LogP contribution >= 0.6 is 0 Å². The first kappa shape index (κ1) is 14.5. The summed E-state index contributed by atoms with van der Waals surface area (Å²) >= 11 is 0. The molecule has 0 aliphatic rings. The van der Waals surface area contributed by atoms with Crippen molar-refractivity contribution in [2.45, 2.75) is 26.4 Å². The number of aromatic nitrogens is 2. The van der Waals surface area contributed by atoms with Crippen molar-refractivity contribution in [3.8, 4) is 0 Å². The first-order valence-corrected chi connectivity index (χ1v) is 6.56. The SMILES string of the molecule is CCn1c(CN(C)CCC(=O)O)nc2cc(F)ccc21. The van der Waals surface area contributed by atoms with E-state index in [0.29, 0.717) is 18.6 Å². The predicted molar refractivity (Wildman–Crippen MR) is 74.0 cm³/mol. The number of fused-ring (bicyclic) bond motifs is 1. The molecule has 2 aromatic rings. The Morgan fingerprint density at radius 2 is 2.25 bits per heavy atom. The minimum absolute atomic E-state index is 0.0947. The van der Waals surface area contributed by atoms with E-state index in [0.717, 1.165) is 17.9 Å². The molecule has 0 saturated carbocycles. The van der Waals surface area contributed by atoms with Gasteiger partial charge in [-0.1, -0.05) is 0 Å². The van der Waals surface area contributed by atoms with Gasteiger partial charge in [-0.3, -0.25) is 9.69 Å². The van der Waals surface area contributed by atoms with Gasteiger partial charge in [0.25, 0.3) is 0 Å². The Kier molecular flexibility index (Phi) is 4.34. The molecular formula is C14H18FN3O2. The molecule has 0 saturated heterocycles. The van der Waals surface area contributed by atoms with Crippen LogP contribution in [0.5, 0.6) is 0 Å². The van der Waals surface area contributed by atoms with Gasteiger partial charge in [-0.2, -0.15) is 0 Å². The average Bonchev–Trinajstić information content (AvgIpc) is 2.72. The second-order valence-corrected chi connectivity index (χ2v) is 4.79. The molecule has 0 fully saturated rings. The van der Waals surface area contributed by atoms with Gasteiger partial charge in [0.15, 0.2) is 0 Å². The molecule has 0 radical (unpaired) electrons. The van der Waals surface area contributed by atoms with Crippen LogP contribution in [0, 0.1) is 5.82 Å². The lowest BCUT2D eigenvalue weighted by atomic mass is 10.3. The summed E-state index contributed by atoms with van der Waals surface area (Å²) in [6.07, 6.45) is 0.0947. The summed E-state index contributed by atoms with van der Waals surface area (Å²) in [5.41, 5.74) is 1.53. The number of carboxylic acid groups (broad SMARTS) is 1. The van der Waals surface area contributed by atoms with E-state index in [4.69, 9.17) is 5.11 Å². The van der Waals surface area contributed by atoms with Gasteiger partial charge >= 0.3 is 5.97 Å². The van der Waals surface area contributed by atoms with Crippen molar-refractivity contribution >= 4 is 17.0 Å². The Balaban J connectivity index is 2.22. The molecular weight excluding hydrogens is 261 g/mol. The van der Waals surface area contributed by atoms with Gasteiger partial charge in [-0.05, 0) is 26.1 Å². The van der Waals surface area contributed by atoms with Crippen LogP contribution in [0.4, 0.5) is 4.39 Å². The highest BCUT2D eigenvalue weighted by Crippen LogP contribution is 2.18. The maximum atomic E-state index is 13.2. The van der Waals surface area contributed by atoms with E-state index in [1.54, 1.807) is 6.07 Å². The highest BCUT2D eigenvalue weighted by molar-refractivity contribution is 5.76. The van der Waals surface area contributed by atoms with Crippen LogP contribution in [-0.2, 0) is 17.9 Å². The number of imidazole rings is 1. The first-order valence-electron chi connectivity index (χ1n) is 6.56. The van der Waals surface area contributed by atoms with Crippen LogP contribution in [0.25, 0.3) is 11.0 Å². The van der Waals surface area contributed by atoms with Crippen LogP contribution < -0.4 is 0 Å². The lowest BCUT2D eigenvalue weighted by Crippen LogP contribution is -2.23. The molecule has 1 heterocycles. The highest BCUT2D eigenvalue weighted by atomic mass is 19.1. The van der Waals surface area contributed by atoms with Gasteiger partial charge in [-0.15, -0.1) is 0 Å². The smallest absolute Gasteiger partial charge is 0.304 e. The average molecular weight is 279 g/mol. The Morgan fingerprint density at radius 3 is 2.90 bits per heavy atom. The molecule has 5 nitrogen and oxygen atoms in total. The number of nitrogens with zero attached hydrogens (tertiary/aromatic N) is 3. The largest absolute Gasteiger partial charge is 0.481 e. The molecule has 0 spiro atoms. The molecule has 1 N–H and O–H groups in total. The lowest BCUT2D eigenvalue weighted by molar-refractivity contribution is -0.137. The fourth-order valence-electron chi connectivity index (χ4n) is 2.23. The number of rotatable bonds is 6.